The van der Waals surface area contributed by atoms with E-state index < -0.39 is 64.2 Å². The first kappa shape index (κ1) is 97.8. The summed E-state index contributed by atoms with van der Waals surface area (Å²) in [6, 6.07) is 12.0. The molecule has 0 radical (unpaired) electrons. The summed E-state index contributed by atoms with van der Waals surface area (Å²) < 4.78 is 120. The topological polar surface area (TPSA) is 535 Å². The molecule has 2 aromatic rings. The fraction of sp³-hybridized carbons (Fsp3) is 0.350. The van der Waals surface area contributed by atoms with Crippen LogP contribution in [0.3, 0.4) is 0 Å². The Labute approximate surface area is 634 Å². The number of ether oxygens (including phenoxy) is 3. The van der Waals surface area contributed by atoms with Gasteiger partial charge >= 0.3 is 200 Å². The van der Waals surface area contributed by atoms with Crippen molar-refractivity contribution < 1.29 is 290 Å². The van der Waals surface area contributed by atoms with Crippen molar-refractivity contribution in [1.82, 2.24) is 14.7 Å². The maximum Gasteiger partial charge on any atom is 1.00 e. The Morgan fingerprint density at radius 3 is 0.940 bits per heavy atom. The number of sulfonamides is 2. The monoisotopic (exact) mass is 1390 g/mol. The van der Waals surface area contributed by atoms with E-state index in [1.165, 1.54) is 52.8 Å². The van der Waals surface area contributed by atoms with Gasteiger partial charge in [-0.3, -0.25) is 30.6 Å². The van der Waals surface area contributed by atoms with Crippen molar-refractivity contribution in [3.05, 3.63) is 83.3 Å². The van der Waals surface area contributed by atoms with E-state index in [9.17, 15) is 68.5 Å². The van der Waals surface area contributed by atoms with Gasteiger partial charge in [-0.05, 0) is 58.9 Å². The Kier molecular flexibility index (Phi) is 55.4. The van der Waals surface area contributed by atoms with Crippen molar-refractivity contribution in [2.45, 2.75) is 44.4 Å². The summed E-state index contributed by atoms with van der Waals surface area (Å²) in [5.41, 5.74) is 15.6. The molecule has 84 heavy (non-hydrogen) atoms. The first-order valence-electron chi connectivity index (χ1n) is 21.1. The molecular formula is C40H55Cl3K2N13Na2O20S4-3. The van der Waals surface area contributed by atoms with Crippen molar-refractivity contribution >= 4 is 100 Å². The number of allylic oxidation sites excluding steroid dienone is 2. The number of carbonyl (C=O) groups is 3. The second kappa shape index (κ2) is 47.5. The van der Waals surface area contributed by atoms with Gasteiger partial charge in [-0.2, -0.15) is 42.5 Å². The van der Waals surface area contributed by atoms with Crippen molar-refractivity contribution in [2.75, 3.05) is 60.6 Å². The Morgan fingerprint density at radius 1 is 0.512 bits per heavy atom. The number of halogens is 3. The zero-order valence-electron chi connectivity index (χ0n) is 47.3. The van der Waals surface area contributed by atoms with Gasteiger partial charge in [0.1, 0.15) is 31.2 Å². The third kappa shape index (κ3) is 40.2. The van der Waals surface area contributed by atoms with Crippen molar-refractivity contribution in [3.63, 3.8) is 0 Å². The summed E-state index contributed by atoms with van der Waals surface area (Å²) in [4.78, 5) is 36.2. The molecule has 0 aliphatic carbocycles. The molecule has 0 amide bonds. The third-order valence-electron chi connectivity index (χ3n) is 7.98. The Hall–Kier alpha value is -2.44. The van der Waals surface area contributed by atoms with E-state index in [1.54, 1.807) is 66.2 Å². The number of hydrogen-bond acceptors (Lipinski definition) is 23. The summed E-state index contributed by atoms with van der Waals surface area (Å²) in [5.74, 6) is -4.40. The number of nitrogens with zero attached hydrogens (tertiary/aromatic N) is 7. The van der Waals surface area contributed by atoms with Gasteiger partial charge in [0.05, 0.1) is 29.6 Å². The van der Waals surface area contributed by atoms with E-state index >= 15 is 0 Å². The fourth-order valence-electron chi connectivity index (χ4n) is 4.65. The number of fused-ring (bicyclic) bond motifs is 2. The van der Waals surface area contributed by atoms with Gasteiger partial charge in [0.2, 0.25) is 0 Å². The first-order valence-corrected chi connectivity index (χ1v) is 26.7. The van der Waals surface area contributed by atoms with E-state index in [0.717, 1.165) is 12.2 Å². The molecule has 0 spiro atoms. The van der Waals surface area contributed by atoms with E-state index in [-0.39, 0.29) is 287 Å². The molecule has 0 fully saturated rings. The molecule has 452 valence electrons. The van der Waals surface area contributed by atoms with Gasteiger partial charge < -0.3 is 112 Å². The van der Waals surface area contributed by atoms with Gasteiger partial charge in [0, 0.05) is 55.9 Å². The predicted molar refractivity (Wildman–Crippen MR) is 266 cm³/mol. The quantitative estimate of drug-likeness (QED) is 0.0446. The van der Waals surface area contributed by atoms with Crippen LogP contribution in [0.15, 0.2) is 99.6 Å². The predicted octanol–water partition coefficient (Wildman–Crippen LogP) is -26.0. The molecule has 4 aliphatic heterocycles. The van der Waals surface area contributed by atoms with Gasteiger partial charge in [0.25, 0.3) is 20.0 Å². The number of rotatable bonds is 9. The molecule has 4 heterocycles. The molecule has 44 heteroatoms. The molecule has 0 bridgehead atoms. The fourth-order valence-corrected chi connectivity index (χ4v) is 8.23. The van der Waals surface area contributed by atoms with Gasteiger partial charge in [-0.25, -0.2) is 0 Å². The number of nitrogens with two attached hydrogens (primary N) is 3. The van der Waals surface area contributed by atoms with Crippen LogP contribution in [0.1, 0.15) is 45.7 Å². The molecule has 0 unspecified atom stereocenters. The molecule has 0 aromatic heterocycles. The van der Waals surface area contributed by atoms with Gasteiger partial charge in [0.15, 0.2) is 17.9 Å². The molecule has 0 saturated heterocycles. The minimum atomic E-state index is -3.97. The van der Waals surface area contributed by atoms with Crippen LogP contribution in [-0.4, -0.2) is 168 Å². The number of benzene rings is 2. The third-order valence-corrected chi connectivity index (χ3v) is 12.4. The summed E-state index contributed by atoms with van der Waals surface area (Å²) in [6.45, 7) is 9.06. The molecule has 0 saturated carbocycles. The van der Waals surface area contributed by atoms with Crippen LogP contribution in [0.5, 0.6) is 0 Å². The van der Waals surface area contributed by atoms with Crippen molar-refractivity contribution in [1.29, 1.82) is 16.2 Å². The smallest absolute Gasteiger partial charge is 1.00 e. The Morgan fingerprint density at radius 2 is 0.750 bits per heavy atom. The van der Waals surface area contributed by atoms with Crippen LogP contribution in [0.2, 0.25) is 0 Å². The number of nitrogens with one attached hydrogen (secondary N) is 3. The summed E-state index contributed by atoms with van der Waals surface area (Å²) in [5, 5.41) is 63.4. The molecule has 2 aromatic carbocycles. The average molecular weight is 1400 g/mol. The molecule has 33 nitrogen and oxygen atoms in total. The molecular weight excluding hydrogens is 1340 g/mol. The summed E-state index contributed by atoms with van der Waals surface area (Å²) in [6.07, 6.45) is 2.00. The van der Waals surface area contributed by atoms with Crippen LogP contribution in [-0.2, 0) is 77.6 Å². The number of carbonyl (C=O) groups excluding carboxylic acids is 3. The first-order chi connectivity index (χ1) is 35.4. The number of esters is 3. The van der Waals surface area contributed by atoms with Crippen molar-refractivity contribution in [3.8, 4) is 0 Å². The van der Waals surface area contributed by atoms with E-state index in [2.05, 4.69) is 40.2 Å². The largest absolute Gasteiger partial charge is 1.00 e. The second-order valence-electron chi connectivity index (χ2n) is 14.3. The van der Waals surface area contributed by atoms with Crippen LogP contribution in [0.4, 0.5) is 0 Å². The SMILES string of the molecule is CC1=CC([O-])=NS(=O)(=O)O1.CC1=CC([O-])=NS(=O)(=O)O1.CCOC(=O)CN(C)C(=N)N.CCOC(=O)CN(C)C(=N)N.CCOC(=O)CN(C)C(=N)N.O=S1(=O)N=C([O-])c2ccccc21.O=S1(=O)N=C([O-])c2ccccc21.[Cl-].[Cl-].[Cl-].[K+].[K+].[Na+].[Na+]. The van der Waals surface area contributed by atoms with Crippen LogP contribution >= 0.6 is 0 Å². The van der Waals surface area contributed by atoms with E-state index in [1.807, 2.05) is 0 Å². The van der Waals surface area contributed by atoms with Crippen molar-refractivity contribution in [2.24, 2.45) is 34.8 Å². The van der Waals surface area contributed by atoms with Gasteiger partial charge in [-0.1, -0.05) is 36.4 Å². The molecule has 0 atom stereocenters. The normalized spacial score (nSPS) is 14.1. The molecule has 6 rings (SSSR count). The number of hydrogen-bond donors (Lipinski definition) is 6. The Bertz CT molecular complexity index is 2930. The Balaban J connectivity index is -0.000000132. The van der Waals surface area contributed by atoms with Crippen LogP contribution in [0.25, 0.3) is 0 Å². The number of guanidine groups is 3. The maximum absolute atomic E-state index is 11.1. The summed E-state index contributed by atoms with van der Waals surface area (Å²) >= 11 is 0. The summed E-state index contributed by atoms with van der Waals surface area (Å²) in [7, 11) is -10.6. The molecule has 9 N–H and O–H groups in total. The zero-order valence-corrected chi connectivity index (χ0v) is 63.1. The van der Waals surface area contributed by atoms with Crippen LogP contribution < -0.4 is 237 Å². The minimum Gasteiger partial charge on any atom is -1.00 e. The molecule has 4 aliphatic rings. The van der Waals surface area contributed by atoms with Gasteiger partial charge in [-0.15, -0.1) is 8.80 Å². The van der Waals surface area contributed by atoms with Crippen LogP contribution in [0, 0.1) is 16.2 Å². The minimum absolute atomic E-state index is 0. The number of likely N-dealkylation sites (N-methyl/N-ethyl adjacent to an activating group) is 3. The van der Waals surface area contributed by atoms with E-state index in [0.29, 0.717) is 19.8 Å². The maximum atomic E-state index is 11.1. The zero-order chi connectivity index (χ0) is 59.6. The standard InChI is InChI=1S/2C7H5NO3S.3C6H13N3O2.2C4H5NO4S.3ClH.2K.2Na/c2*9-7-5-3-1-2-4-6(5)12(10,11)8-7;3*1-3-11-5(10)4-9(2)6(7)8;2*1-3-2-4(6)5-10(7,8)9-3;;;;;;;/h2*1-4H,(H,8,9);3*3-4H2,1-2H3,(H3,7,8);2*2H,1H3,(H,5,6);3*1H;;;;/q;;;;;;;;;;4*+1/p-7. The second-order valence-corrected chi connectivity index (χ2v) is 19.8. The average Bonchev–Trinajstić information content (AvgIpc) is 3.67. The van der Waals surface area contributed by atoms with E-state index in [4.69, 9.17) is 33.4 Å².